The maximum absolute atomic E-state index is 13.3. The summed E-state index contributed by atoms with van der Waals surface area (Å²) in [6.45, 7) is 1.90. The van der Waals surface area contributed by atoms with E-state index < -0.39 is 15.8 Å². The van der Waals surface area contributed by atoms with Gasteiger partial charge in [0, 0.05) is 19.0 Å². The zero-order chi connectivity index (χ0) is 14.9. The van der Waals surface area contributed by atoms with Crippen molar-refractivity contribution in [3.8, 4) is 0 Å². The van der Waals surface area contributed by atoms with Crippen molar-refractivity contribution < 1.29 is 22.3 Å². The van der Waals surface area contributed by atoms with E-state index in [-0.39, 0.29) is 17.1 Å². The molecular weight excluding hydrogens is 297 g/mol. The second kappa shape index (κ2) is 6.00. The lowest BCUT2D eigenvalue weighted by molar-refractivity contribution is -0.0940. The Morgan fingerprint density at radius 2 is 2.00 bits per heavy atom. The normalized spacial score (nSPS) is 25.3. The van der Waals surface area contributed by atoms with Gasteiger partial charge >= 0.3 is 0 Å². The molecule has 0 spiro atoms. The standard InChI is InChI=1S/C14H18FNO4S/c15-12-4-1-5-13(9-12)21(17,18)16-6-2-3-11(10-16)14-19-7-8-20-14/h1,4-5,9,11,14H,2-3,6-8,10H2/t11-/m1/s1. The van der Waals surface area contributed by atoms with Crippen LogP contribution in [0.25, 0.3) is 0 Å². The van der Waals surface area contributed by atoms with E-state index in [1.807, 2.05) is 0 Å². The van der Waals surface area contributed by atoms with E-state index in [0.29, 0.717) is 26.3 Å². The van der Waals surface area contributed by atoms with E-state index in [2.05, 4.69) is 0 Å². The van der Waals surface area contributed by atoms with Crippen molar-refractivity contribution in [2.75, 3.05) is 26.3 Å². The first-order valence-corrected chi connectivity index (χ1v) is 8.50. The lowest BCUT2D eigenvalue weighted by atomic mass is 9.99. The number of nitrogens with zero attached hydrogens (tertiary/aromatic N) is 1. The summed E-state index contributed by atoms with van der Waals surface area (Å²) in [6, 6.07) is 5.12. The molecule has 1 aromatic carbocycles. The summed E-state index contributed by atoms with van der Waals surface area (Å²) in [5.41, 5.74) is 0. The Labute approximate surface area is 123 Å². The number of hydrogen-bond acceptors (Lipinski definition) is 4. The van der Waals surface area contributed by atoms with Crippen LogP contribution in [0.1, 0.15) is 12.8 Å². The van der Waals surface area contributed by atoms with E-state index in [4.69, 9.17) is 9.47 Å². The highest BCUT2D eigenvalue weighted by atomic mass is 32.2. The largest absolute Gasteiger partial charge is 0.350 e. The monoisotopic (exact) mass is 315 g/mol. The minimum atomic E-state index is -3.66. The molecule has 2 aliphatic rings. The zero-order valence-corrected chi connectivity index (χ0v) is 12.4. The van der Waals surface area contributed by atoms with Crippen molar-refractivity contribution in [2.24, 2.45) is 5.92 Å². The van der Waals surface area contributed by atoms with Gasteiger partial charge in [-0.25, -0.2) is 12.8 Å². The molecule has 2 saturated heterocycles. The zero-order valence-electron chi connectivity index (χ0n) is 11.6. The highest BCUT2D eigenvalue weighted by molar-refractivity contribution is 7.89. The summed E-state index contributed by atoms with van der Waals surface area (Å²) in [6.07, 6.45) is 1.30. The van der Waals surface area contributed by atoms with Crippen LogP contribution in [0, 0.1) is 11.7 Å². The molecule has 1 atom stereocenters. The Bertz CT molecular complexity index is 601. The van der Waals surface area contributed by atoms with Crippen LogP contribution >= 0.6 is 0 Å². The summed E-state index contributed by atoms with van der Waals surface area (Å²) in [5, 5.41) is 0. The third kappa shape index (κ3) is 3.11. The van der Waals surface area contributed by atoms with Crippen molar-refractivity contribution in [3.05, 3.63) is 30.1 Å². The van der Waals surface area contributed by atoms with Crippen molar-refractivity contribution in [1.29, 1.82) is 0 Å². The van der Waals surface area contributed by atoms with Crippen LogP contribution in [-0.2, 0) is 19.5 Å². The van der Waals surface area contributed by atoms with Gasteiger partial charge < -0.3 is 9.47 Å². The van der Waals surface area contributed by atoms with Crippen LogP contribution in [0.5, 0.6) is 0 Å². The molecule has 5 nitrogen and oxygen atoms in total. The van der Waals surface area contributed by atoms with Crippen LogP contribution in [0.3, 0.4) is 0 Å². The molecule has 2 fully saturated rings. The Kier molecular flexibility index (Phi) is 4.26. The summed E-state index contributed by atoms with van der Waals surface area (Å²) in [5.74, 6) is -0.517. The molecule has 0 amide bonds. The number of sulfonamides is 1. The Balaban J connectivity index is 1.78. The van der Waals surface area contributed by atoms with E-state index in [9.17, 15) is 12.8 Å². The van der Waals surface area contributed by atoms with Gasteiger partial charge in [0.05, 0.1) is 18.1 Å². The minimum Gasteiger partial charge on any atom is -0.350 e. The van der Waals surface area contributed by atoms with E-state index in [1.165, 1.54) is 22.5 Å². The van der Waals surface area contributed by atoms with Crippen LogP contribution in [0.2, 0.25) is 0 Å². The number of benzene rings is 1. The van der Waals surface area contributed by atoms with Gasteiger partial charge in [0.2, 0.25) is 10.0 Å². The minimum absolute atomic E-state index is 0.00333. The molecule has 0 radical (unpaired) electrons. The fourth-order valence-corrected chi connectivity index (χ4v) is 4.41. The third-order valence-corrected chi connectivity index (χ3v) is 5.75. The molecule has 1 aromatic rings. The van der Waals surface area contributed by atoms with Crippen LogP contribution in [0.4, 0.5) is 4.39 Å². The molecule has 0 aliphatic carbocycles. The molecule has 3 rings (SSSR count). The molecule has 7 heteroatoms. The number of hydrogen-bond donors (Lipinski definition) is 0. The van der Waals surface area contributed by atoms with E-state index in [0.717, 1.165) is 18.9 Å². The maximum atomic E-state index is 13.3. The van der Waals surface area contributed by atoms with Crippen LogP contribution < -0.4 is 0 Å². The number of rotatable bonds is 3. The first-order chi connectivity index (χ1) is 10.1. The molecular formula is C14H18FNO4S. The topological polar surface area (TPSA) is 55.8 Å². The number of piperidine rings is 1. The summed E-state index contributed by atoms with van der Waals surface area (Å²) in [7, 11) is -3.66. The molecule has 0 N–H and O–H groups in total. The first kappa shape index (κ1) is 14.9. The highest BCUT2D eigenvalue weighted by Gasteiger charge is 2.36. The van der Waals surface area contributed by atoms with Crippen molar-refractivity contribution in [1.82, 2.24) is 4.31 Å². The fraction of sp³-hybridized carbons (Fsp3) is 0.571. The first-order valence-electron chi connectivity index (χ1n) is 7.06. The lowest BCUT2D eigenvalue weighted by Crippen LogP contribution is -2.43. The summed E-state index contributed by atoms with van der Waals surface area (Å²) in [4.78, 5) is -0.00333. The molecule has 2 aliphatic heterocycles. The van der Waals surface area contributed by atoms with Gasteiger partial charge in [-0.1, -0.05) is 6.07 Å². The lowest BCUT2D eigenvalue weighted by Gasteiger charge is -2.33. The van der Waals surface area contributed by atoms with Gasteiger partial charge in [0.15, 0.2) is 6.29 Å². The van der Waals surface area contributed by atoms with E-state index in [1.54, 1.807) is 0 Å². The highest BCUT2D eigenvalue weighted by Crippen LogP contribution is 2.28. The van der Waals surface area contributed by atoms with Crippen LogP contribution in [-0.4, -0.2) is 45.3 Å². The second-order valence-electron chi connectivity index (χ2n) is 5.33. The maximum Gasteiger partial charge on any atom is 0.243 e. The van der Waals surface area contributed by atoms with Crippen molar-refractivity contribution in [3.63, 3.8) is 0 Å². The predicted octanol–water partition coefficient (Wildman–Crippen LogP) is 1.60. The van der Waals surface area contributed by atoms with Crippen molar-refractivity contribution in [2.45, 2.75) is 24.0 Å². The molecule has 0 unspecified atom stereocenters. The third-order valence-electron chi connectivity index (χ3n) is 3.89. The van der Waals surface area contributed by atoms with Crippen molar-refractivity contribution >= 4 is 10.0 Å². The molecule has 2 heterocycles. The quantitative estimate of drug-likeness (QED) is 0.850. The van der Waals surface area contributed by atoms with Gasteiger partial charge in [-0.15, -0.1) is 0 Å². The predicted molar refractivity (Wildman–Crippen MR) is 73.6 cm³/mol. The molecule has 116 valence electrons. The van der Waals surface area contributed by atoms with Gasteiger partial charge in [0.1, 0.15) is 5.82 Å². The van der Waals surface area contributed by atoms with Gasteiger partial charge in [0.25, 0.3) is 0 Å². The van der Waals surface area contributed by atoms with Gasteiger partial charge in [-0.05, 0) is 31.0 Å². The molecule has 0 aromatic heterocycles. The number of ether oxygens (including phenoxy) is 2. The average Bonchev–Trinajstić information content (AvgIpc) is 3.02. The molecule has 0 saturated carbocycles. The average molecular weight is 315 g/mol. The summed E-state index contributed by atoms with van der Waals surface area (Å²) >= 11 is 0. The summed E-state index contributed by atoms with van der Waals surface area (Å²) < 4.78 is 50.8. The molecule has 21 heavy (non-hydrogen) atoms. The Morgan fingerprint density at radius 3 is 2.71 bits per heavy atom. The molecule has 0 bridgehead atoms. The second-order valence-corrected chi connectivity index (χ2v) is 7.27. The van der Waals surface area contributed by atoms with E-state index >= 15 is 0 Å². The van der Waals surface area contributed by atoms with Gasteiger partial charge in [-0.2, -0.15) is 4.31 Å². The Hall–Kier alpha value is -1.02. The van der Waals surface area contributed by atoms with Gasteiger partial charge in [-0.3, -0.25) is 0 Å². The fourth-order valence-electron chi connectivity index (χ4n) is 2.84. The SMILES string of the molecule is O=S(=O)(c1cccc(F)c1)N1CCC[C@@H](C2OCCO2)C1. The smallest absolute Gasteiger partial charge is 0.243 e. The number of halogens is 1. The Morgan fingerprint density at radius 1 is 1.24 bits per heavy atom. The van der Waals surface area contributed by atoms with Crippen LogP contribution in [0.15, 0.2) is 29.2 Å².